The van der Waals surface area contributed by atoms with Crippen LogP contribution in [0.15, 0.2) is 42.5 Å². The van der Waals surface area contributed by atoms with Gasteiger partial charge in [0.1, 0.15) is 0 Å². The van der Waals surface area contributed by atoms with E-state index in [1.54, 1.807) is 24.3 Å². The summed E-state index contributed by atoms with van der Waals surface area (Å²) in [6.07, 6.45) is 0. The molecule has 4 nitrogen and oxygen atoms in total. The number of rotatable bonds is 4. The van der Waals surface area contributed by atoms with Gasteiger partial charge in [-0.2, -0.15) is 0 Å². The van der Waals surface area contributed by atoms with Gasteiger partial charge < -0.3 is 15.5 Å². The third-order valence-electron chi connectivity index (χ3n) is 2.70. The van der Waals surface area contributed by atoms with E-state index in [2.05, 4.69) is 5.32 Å². The number of para-hydroxylation sites is 2. The molecule has 2 aromatic rings. The van der Waals surface area contributed by atoms with Gasteiger partial charge in [-0.05, 0) is 18.2 Å². The van der Waals surface area contributed by atoms with Gasteiger partial charge in [0.05, 0.1) is 5.56 Å². The molecule has 0 fully saturated rings. The smallest absolute Gasteiger partial charge is 0.337 e. The first-order valence-corrected chi connectivity index (χ1v) is 5.62. The Kier molecular flexibility index (Phi) is 3.66. The van der Waals surface area contributed by atoms with Gasteiger partial charge in [0.15, 0.2) is 11.6 Å². The zero-order valence-electron chi connectivity index (χ0n) is 9.93. The van der Waals surface area contributed by atoms with E-state index in [-0.39, 0.29) is 12.1 Å². The third-order valence-corrected chi connectivity index (χ3v) is 2.70. The van der Waals surface area contributed by atoms with Crippen molar-refractivity contribution in [3.8, 4) is 5.75 Å². The van der Waals surface area contributed by atoms with Gasteiger partial charge in [0.2, 0.25) is 0 Å². The summed E-state index contributed by atoms with van der Waals surface area (Å²) < 4.78 is 13.1. The summed E-state index contributed by atoms with van der Waals surface area (Å²) in [5.41, 5.74) is 0.900. The number of phenols is 1. The van der Waals surface area contributed by atoms with E-state index in [0.29, 0.717) is 11.3 Å². The topological polar surface area (TPSA) is 69.6 Å². The minimum absolute atomic E-state index is 0.124. The summed E-state index contributed by atoms with van der Waals surface area (Å²) in [7, 11) is 0. The lowest BCUT2D eigenvalue weighted by Crippen LogP contribution is -2.06. The second kappa shape index (κ2) is 5.39. The summed E-state index contributed by atoms with van der Waals surface area (Å²) in [5.74, 6) is -2.18. The number of anilines is 1. The van der Waals surface area contributed by atoms with Crippen molar-refractivity contribution in [2.24, 2.45) is 0 Å². The van der Waals surface area contributed by atoms with Crippen LogP contribution in [0.2, 0.25) is 0 Å². The quantitative estimate of drug-likeness (QED) is 0.791. The summed E-state index contributed by atoms with van der Waals surface area (Å²) in [6.45, 7) is 0.133. The van der Waals surface area contributed by atoms with Crippen LogP contribution in [0.4, 0.5) is 10.1 Å². The summed E-state index contributed by atoms with van der Waals surface area (Å²) in [5, 5.41) is 21.4. The Morgan fingerprint density at radius 2 is 1.89 bits per heavy atom. The van der Waals surface area contributed by atoms with Crippen molar-refractivity contribution in [3.05, 3.63) is 59.4 Å². The highest BCUT2D eigenvalue weighted by atomic mass is 19.1. The molecule has 0 radical (unpaired) electrons. The lowest BCUT2D eigenvalue weighted by atomic mass is 10.1. The van der Waals surface area contributed by atoms with Crippen LogP contribution in [0, 0.1) is 5.82 Å². The summed E-state index contributed by atoms with van der Waals surface area (Å²) in [4.78, 5) is 11.0. The first-order chi connectivity index (χ1) is 9.09. The summed E-state index contributed by atoms with van der Waals surface area (Å²) in [6, 6.07) is 10.6. The molecule has 0 heterocycles. The van der Waals surface area contributed by atoms with Crippen molar-refractivity contribution in [2.75, 3.05) is 5.32 Å². The van der Waals surface area contributed by atoms with E-state index in [1.807, 2.05) is 0 Å². The van der Waals surface area contributed by atoms with Crippen LogP contribution in [-0.2, 0) is 6.54 Å². The Morgan fingerprint density at radius 1 is 1.16 bits per heavy atom. The molecule has 0 atom stereocenters. The molecule has 0 aliphatic heterocycles. The number of hydrogen-bond donors (Lipinski definition) is 3. The Hall–Kier alpha value is -2.56. The first kappa shape index (κ1) is 12.9. The predicted octanol–water partition coefficient (Wildman–Crippen LogP) is 2.84. The van der Waals surface area contributed by atoms with E-state index in [0.717, 1.165) is 6.07 Å². The molecule has 2 rings (SSSR count). The van der Waals surface area contributed by atoms with Gasteiger partial charge in [0, 0.05) is 17.8 Å². The fourth-order valence-corrected chi connectivity index (χ4v) is 1.72. The Morgan fingerprint density at radius 3 is 2.63 bits per heavy atom. The molecule has 2 aromatic carbocycles. The van der Waals surface area contributed by atoms with E-state index < -0.39 is 17.5 Å². The molecule has 0 aliphatic carbocycles. The van der Waals surface area contributed by atoms with Crippen molar-refractivity contribution < 1.29 is 19.4 Å². The van der Waals surface area contributed by atoms with Crippen LogP contribution in [-0.4, -0.2) is 16.2 Å². The van der Waals surface area contributed by atoms with E-state index in [1.165, 1.54) is 12.1 Å². The number of hydrogen-bond acceptors (Lipinski definition) is 3. The van der Waals surface area contributed by atoms with Crippen LogP contribution in [0.1, 0.15) is 15.9 Å². The van der Waals surface area contributed by atoms with Gasteiger partial charge in [-0.3, -0.25) is 0 Å². The monoisotopic (exact) mass is 261 g/mol. The number of carboxylic acids is 1. The highest BCUT2D eigenvalue weighted by Gasteiger charge is 2.10. The number of carbonyl (C=O) groups is 1. The molecule has 0 bridgehead atoms. The molecule has 0 saturated carbocycles. The lowest BCUT2D eigenvalue weighted by Gasteiger charge is -2.10. The molecule has 0 saturated heterocycles. The number of carboxylic acid groups (broad SMARTS) is 1. The number of nitrogens with one attached hydrogen (secondary N) is 1. The molecule has 5 heteroatoms. The molecule has 0 aromatic heterocycles. The zero-order chi connectivity index (χ0) is 13.8. The van der Waals surface area contributed by atoms with Gasteiger partial charge in [-0.25, -0.2) is 9.18 Å². The number of phenolic OH excluding ortho intramolecular Hbond substituents is 1. The first-order valence-electron chi connectivity index (χ1n) is 5.62. The Balaban J connectivity index is 2.19. The zero-order valence-corrected chi connectivity index (χ0v) is 9.93. The largest absolute Gasteiger partial charge is 0.505 e. The Bertz CT molecular complexity index is 613. The van der Waals surface area contributed by atoms with E-state index in [9.17, 15) is 14.3 Å². The summed E-state index contributed by atoms with van der Waals surface area (Å²) >= 11 is 0. The van der Waals surface area contributed by atoms with E-state index in [4.69, 9.17) is 5.11 Å². The fourth-order valence-electron chi connectivity index (χ4n) is 1.72. The van der Waals surface area contributed by atoms with Crippen LogP contribution < -0.4 is 5.32 Å². The van der Waals surface area contributed by atoms with Crippen molar-refractivity contribution in [1.29, 1.82) is 0 Å². The van der Waals surface area contributed by atoms with Crippen LogP contribution in [0.25, 0.3) is 0 Å². The minimum atomic E-state index is -1.05. The normalized spacial score (nSPS) is 10.2. The maximum absolute atomic E-state index is 13.1. The average molecular weight is 261 g/mol. The standard InChI is InChI=1S/C14H12FNO3/c15-11-6-3-4-9(13(11)17)8-16-12-7-2-1-5-10(12)14(18)19/h1-7,16-17H,8H2,(H,18,19). The molecule has 0 spiro atoms. The molecular formula is C14H12FNO3. The molecule has 19 heavy (non-hydrogen) atoms. The van der Waals surface area contributed by atoms with Crippen LogP contribution in [0.5, 0.6) is 5.75 Å². The maximum Gasteiger partial charge on any atom is 0.337 e. The molecule has 98 valence electrons. The van der Waals surface area contributed by atoms with Crippen molar-refractivity contribution in [1.82, 2.24) is 0 Å². The highest BCUT2D eigenvalue weighted by Crippen LogP contribution is 2.23. The Labute approximate surface area is 109 Å². The lowest BCUT2D eigenvalue weighted by molar-refractivity contribution is 0.0698. The van der Waals surface area contributed by atoms with Crippen molar-refractivity contribution in [3.63, 3.8) is 0 Å². The SMILES string of the molecule is O=C(O)c1ccccc1NCc1cccc(F)c1O. The van der Waals surface area contributed by atoms with E-state index >= 15 is 0 Å². The minimum Gasteiger partial charge on any atom is -0.505 e. The molecule has 3 N–H and O–H groups in total. The predicted molar refractivity (Wildman–Crippen MR) is 68.8 cm³/mol. The fraction of sp³-hybridized carbons (Fsp3) is 0.0714. The number of benzene rings is 2. The molecule has 0 aliphatic rings. The third kappa shape index (κ3) is 2.82. The highest BCUT2D eigenvalue weighted by molar-refractivity contribution is 5.94. The molecule has 0 unspecified atom stereocenters. The second-order valence-electron chi connectivity index (χ2n) is 3.95. The number of aromatic carboxylic acids is 1. The van der Waals surface area contributed by atoms with Crippen LogP contribution in [0.3, 0.4) is 0 Å². The van der Waals surface area contributed by atoms with Gasteiger partial charge in [0.25, 0.3) is 0 Å². The van der Waals surface area contributed by atoms with Gasteiger partial charge in [-0.1, -0.05) is 24.3 Å². The van der Waals surface area contributed by atoms with Crippen molar-refractivity contribution >= 4 is 11.7 Å². The average Bonchev–Trinajstić information content (AvgIpc) is 2.40. The number of halogens is 1. The van der Waals surface area contributed by atoms with Gasteiger partial charge >= 0.3 is 5.97 Å². The second-order valence-corrected chi connectivity index (χ2v) is 3.95. The van der Waals surface area contributed by atoms with Gasteiger partial charge in [-0.15, -0.1) is 0 Å². The number of aromatic hydroxyl groups is 1. The van der Waals surface area contributed by atoms with Crippen LogP contribution >= 0.6 is 0 Å². The maximum atomic E-state index is 13.1. The van der Waals surface area contributed by atoms with Crippen molar-refractivity contribution in [2.45, 2.75) is 6.54 Å². The molecule has 0 amide bonds. The molecular weight excluding hydrogens is 249 g/mol.